The Morgan fingerprint density at radius 2 is 2.23 bits per heavy atom. The summed E-state index contributed by atoms with van der Waals surface area (Å²) in [6.07, 6.45) is 11.0. The van der Waals surface area contributed by atoms with Crippen LogP contribution in [-0.2, 0) is 0 Å². The highest BCUT2D eigenvalue weighted by molar-refractivity contribution is 7.78. The third-order valence-corrected chi connectivity index (χ3v) is 3.01. The first kappa shape index (κ1) is 8.95. The number of allylic oxidation sites excluding steroid dienone is 2. The topological polar surface area (TPSA) is 12.0 Å². The van der Waals surface area contributed by atoms with E-state index in [-0.39, 0.29) is 0 Å². The lowest BCUT2D eigenvalue weighted by molar-refractivity contribution is 0.557. The molecular weight excluding hydrogens is 178 g/mol. The van der Waals surface area contributed by atoms with Gasteiger partial charge in [-0.15, -0.1) is 0 Å². The van der Waals surface area contributed by atoms with Gasteiger partial charge in [0.25, 0.3) is 0 Å². The normalized spacial score (nSPS) is 26.9. The lowest BCUT2D eigenvalue weighted by atomic mass is 9.82. The van der Waals surface area contributed by atoms with E-state index >= 15 is 0 Å². The first-order chi connectivity index (χ1) is 6.42. The first-order valence-corrected chi connectivity index (χ1v) is 5.48. The van der Waals surface area contributed by atoms with Gasteiger partial charge in [0.15, 0.2) is 0 Å². The molecule has 70 valence electrons. The zero-order chi connectivity index (χ0) is 9.10. The van der Waals surface area contributed by atoms with Gasteiger partial charge in [-0.05, 0) is 43.3 Å². The lowest BCUT2D eigenvalue weighted by Crippen LogP contribution is -2.33. The maximum absolute atomic E-state index is 4.84. The van der Waals surface area contributed by atoms with Crippen LogP contribution < -0.4 is 5.32 Å². The number of nitrogens with one attached hydrogen (secondary N) is 1. The van der Waals surface area contributed by atoms with Crippen LogP contribution in [-0.4, -0.2) is 11.5 Å². The van der Waals surface area contributed by atoms with E-state index in [0.717, 1.165) is 0 Å². The minimum atomic E-state index is 0.498. The van der Waals surface area contributed by atoms with Crippen LogP contribution in [0.15, 0.2) is 23.3 Å². The Hall–Kier alpha value is -0.630. The Kier molecular flexibility index (Phi) is 2.79. The summed E-state index contributed by atoms with van der Waals surface area (Å²) < 4.78 is 0. The number of thiocarbonyl (C=S) groups is 1. The van der Waals surface area contributed by atoms with Crippen molar-refractivity contribution in [3.63, 3.8) is 0 Å². The van der Waals surface area contributed by atoms with Crippen molar-refractivity contribution in [3.05, 3.63) is 23.3 Å². The monoisotopic (exact) mass is 193 g/mol. The highest BCUT2D eigenvalue weighted by Gasteiger charge is 2.22. The molecule has 1 atom stereocenters. The van der Waals surface area contributed by atoms with Gasteiger partial charge in [-0.2, -0.15) is 0 Å². The molecular formula is C11H15NS. The Labute approximate surface area is 84.9 Å². The van der Waals surface area contributed by atoms with Gasteiger partial charge in [0.2, 0.25) is 0 Å². The van der Waals surface area contributed by atoms with E-state index in [1.165, 1.54) is 37.7 Å². The van der Waals surface area contributed by atoms with Gasteiger partial charge in [-0.25, -0.2) is 0 Å². The first-order valence-electron chi connectivity index (χ1n) is 5.01. The molecule has 0 aromatic rings. The second kappa shape index (κ2) is 4.05. The molecule has 0 aromatic heterocycles. The summed E-state index contributed by atoms with van der Waals surface area (Å²) in [5.74, 6) is 0. The van der Waals surface area contributed by atoms with E-state index in [4.69, 9.17) is 12.2 Å². The standard InChI is InChI=1S/C11H15NS/c13-8-12-11-7-3-5-9-4-1-2-6-10(9)11/h4,6,8,11H,1-3,5,7H2,(H,12,13). The maximum atomic E-state index is 4.84. The van der Waals surface area contributed by atoms with E-state index in [9.17, 15) is 0 Å². The molecule has 2 rings (SSSR count). The fourth-order valence-corrected chi connectivity index (χ4v) is 2.43. The minimum Gasteiger partial charge on any atom is -0.375 e. The molecule has 1 unspecified atom stereocenters. The van der Waals surface area contributed by atoms with Crippen LogP contribution >= 0.6 is 12.2 Å². The van der Waals surface area contributed by atoms with Crippen molar-refractivity contribution in [2.24, 2.45) is 0 Å². The van der Waals surface area contributed by atoms with Gasteiger partial charge >= 0.3 is 0 Å². The van der Waals surface area contributed by atoms with Crippen molar-refractivity contribution >= 4 is 17.7 Å². The summed E-state index contributed by atoms with van der Waals surface area (Å²) in [5.41, 5.74) is 4.73. The van der Waals surface area contributed by atoms with Crippen molar-refractivity contribution in [1.82, 2.24) is 5.32 Å². The molecule has 0 radical (unpaired) electrons. The summed E-state index contributed by atoms with van der Waals surface area (Å²) in [7, 11) is 0. The van der Waals surface area contributed by atoms with Crippen LogP contribution in [0.5, 0.6) is 0 Å². The molecule has 0 bridgehead atoms. The van der Waals surface area contributed by atoms with Crippen LogP contribution in [0.25, 0.3) is 0 Å². The van der Waals surface area contributed by atoms with Crippen molar-refractivity contribution in [3.8, 4) is 0 Å². The molecule has 0 spiro atoms. The lowest BCUT2D eigenvalue weighted by Gasteiger charge is -2.29. The SMILES string of the molecule is S=CNC1CCCC2=CCCC=C21. The molecule has 1 nitrogen and oxygen atoms in total. The summed E-state index contributed by atoms with van der Waals surface area (Å²) in [5, 5.41) is 3.26. The molecule has 13 heavy (non-hydrogen) atoms. The van der Waals surface area contributed by atoms with E-state index in [1.807, 2.05) is 0 Å². The van der Waals surface area contributed by atoms with Gasteiger partial charge in [0.05, 0.1) is 11.5 Å². The van der Waals surface area contributed by atoms with Gasteiger partial charge in [-0.3, -0.25) is 0 Å². The Morgan fingerprint density at radius 3 is 3.08 bits per heavy atom. The fraction of sp³-hybridized carbons (Fsp3) is 0.545. The Morgan fingerprint density at radius 1 is 1.38 bits per heavy atom. The van der Waals surface area contributed by atoms with Crippen molar-refractivity contribution in [1.29, 1.82) is 0 Å². The average Bonchev–Trinajstić information content (AvgIpc) is 2.19. The minimum absolute atomic E-state index is 0.498. The average molecular weight is 193 g/mol. The maximum Gasteiger partial charge on any atom is 0.0619 e. The zero-order valence-electron chi connectivity index (χ0n) is 7.75. The second-order valence-electron chi connectivity index (χ2n) is 3.70. The Bertz CT molecular complexity index is 265. The highest BCUT2D eigenvalue weighted by atomic mass is 32.1. The zero-order valence-corrected chi connectivity index (χ0v) is 8.57. The van der Waals surface area contributed by atoms with Crippen molar-refractivity contribution in [2.45, 2.75) is 38.1 Å². The van der Waals surface area contributed by atoms with Gasteiger partial charge in [-0.1, -0.05) is 24.4 Å². The summed E-state index contributed by atoms with van der Waals surface area (Å²) in [6.45, 7) is 0. The highest BCUT2D eigenvalue weighted by Crippen LogP contribution is 2.32. The number of hydrogen-bond donors (Lipinski definition) is 1. The van der Waals surface area contributed by atoms with E-state index in [0.29, 0.717) is 6.04 Å². The van der Waals surface area contributed by atoms with Crippen LogP contribution in [0.2, 0.25) is 0 Å². The molecule has 0 aromatic carbocycles. The molecule has 1 N–H and O–H groups in total. The van der Waals surface area contributed by atoms with Gasteiger partial charge in [0.1, 0.15) is 0 Å². The quantitative estimate of drug-likeness (QED) is 0.677. The largest absolute Gasteiger partial charge is 0.375 e. The number of fused-ring (bicyclic) bond motifs is 1. The molecule has 0 saturated heterocycles. The summed E-state index contributed by atoms with van der Waals surface area (Å²) in [4.78, 5) is 0. The number of hydrogen-bond acceptors (Lipinski definition) is 1. The Balaban J connectivity index is 2.16. The molecule has 2 aliphatic rings. The van der Waals surface area contributed by atoms with Crippen molar-refractivity contribution < 1.29 is 0 Å². The fourth-order valence-electron chi connectivity index (χ4n) is 2.27. The van der Waals surface area contributed by atoms with Crippen LogP contribution in [0.3, 0.4) is 0 Å². The smallest absolute Gasteiger partial charge is 0.0619 e. The molecule has 0 heterocycles. The van der Waals surface area contributed by atoms with E-state index < -0.39 is 0 Å². The van der Waals surface area contributed by atoms with Crippen LogP contribution in [0.1, 0.15) is 32.1 Å². The molecule has 2 aliphatic carbocycles. The molecule has 1 fully saturated rings. The van der Waals surface area contributed by atoms with Gasteiger partial charge in [0, 0.05) is 0 Å². The molecule has 0 amide bonds. The van der Waals surface area contributed by atoms with Crippen molar-refractivity contribution in [2.75, 3.05) is 0 Å². The predicted octanol–water partition coefficient (Wildman–Crippen LogP) is 2.73. The molecule has 1 saturated carbocycles. The predicted molar refractivity (Wildman–Crippen MR) is 59.8 cm³/mol. The number of rotatable bonds is 2. The third-order valence-electron chi connectivity index (χ3n) is 2.88. The van der Waals surface area contributed by atoms with Gasteiger partial charge < -0.3 is 5.32 Å². The molecule has 0 aliphatic heterocycles. The van der Waals surface area contributed by atoms with E-state index in [2.05, 4.69) is 17.5 Å². The van der Waals surface area contributed by atoms with Crippen LogP contribution in [0.4, 0.5) is 0 Å². The second-order valence-corrected chi connectivity index (χ2v) is 3.93. The summed E-state index contributed by atoms with van der Waals surface area (Å²) >= 11 is 4.84. The third kappa shape index (κ3) is 1.83. The van der Waals surface area contributed by atoms with Crippen LogP contribution in [0, 0.1) is 0 Å². The summed E-state index contributed by atoms with van der Waals surface area (Å²) in [6, 6.07) is 0.498. The van der Waals surface area contributed by atoms with E-state index in [1.54, 1.807) is 11.1 Å². The molecule has 2 heteroatoms.